The summed E-state index contributed by atoms with van der Waals surface area (Å²) in [6.07, 6.45) is 7.80. The maximum absolute atomic E-state index is 5.88. The minimum atomic E-state index is 0.454. The van der Waals surface area contributed by atoms with Gasteiger partial charge in [0.25, 0.3) is 0 Å². The Labute approximate surface area is 130 Å². The van der Waals surface area contributed by atoms with Crippen molar-refractivity contribution in [2.45, 2.75) is 51.5 Å². The van der Waals surface area contributed by atoms with Crippen molar-refractivity contribution < 1.29 is 4.74 Å². The first-order valence-electron chi connectivity index (χ1n) is 7.88. The van der Waals surface area contributed by atoms with E-state index in [1.54, 1.807) is 0 Å². The molecule has 1 atom stereocenters. The van der Waals surface area contributed by atoms with Crippen LogP contribution in [-0.4, -0.2) is 13.2 Å². The largest absolute Gasteiger partial charge is 0.493 e. The molecule has 1 aliphatic carbocycles. The average Bonchev–Trinajstić information content (AvgIpc) is 3.21. The molecule has 3 heteroatoms. The normalized spacial score (nSPS) is 23.6. The number of nitrogens with one attached hydrogen (secondary N) is 1. The molecule has 1 unspecified atom stereocenters. The molecule has 0 spiro atoms. The minimum Gasteiger partial charge on any atom is -0.493 e. The Kier molecular flexibility index (Phi) is 4.37. The molecule has 1 aromatic carbocycles. The van der Waals surface area contributed by atoms with Crippen LogP contribution in [0.3, 0.4) is 0 Å². The maximum Gasteiger partial charge on any atom is 0.125 e. The van der Waals surface area contributed by atoms with Crippen LogP contribution in [-0.2, 0) is 0 Å². The summed E-state index contributed by atoms with van der Waals surface area (Å²) in [5, 5.41) is 3.83. The fourth-order valence-electron chi connectivity index (χ4n) is 3.32. The molecular formula is C17H24BrNO. The molecule has 0 aromatic heterocycles. The van der Waals surface area contributed by atoms with Gasteiger partial charge >= 0.3 is 0 Å². The molecule has 1 fully saturated rings. The lowest BCUT2D eigenvalue weighted by Crippen LogP contribution is -2.28. The van der Waals surface area contributed by atoms with Crippen LogP contribution in [0.2, 0.25) is 0 Å². The number of hydrogen-bond acceptors (Lipinski definition) is 2. The van der Waals surface area contributed by atoms with Crippen molar-refractivity contribution in [2.75, 3.05) is 13.2 Å². The molecule has 20 heavy (non-hydrogen) atoms. The number of fused-ring (bicyclic) bond motifs is 1. The van der Waals surface area contributed by atoms with Gasteiger partial charge in [-0.05, 0) is 49.7 Å². The predicted molar refractivity (Wildman–Crippen MR) is 86.2 cm³/mol. The van der Waals surface area contributed by atoms with E-state index in [1.165, 1.54) is 44.2 Å². The third kappa shape index (κ3) is 3.20. The highest BCUT2D eigenvalue weighted by molar-refractivity contribution is 9.10. The van der Waals surface area contributed by atoms with Crippen LogP contribution in [0.25, 0.3) is 0 Å². The average molecular weight is 338 g/mol. The van der Waals surface area contributed by atoms with Gasteiger partial charge < -0.3 is 10.1 Å². The quantitative estimate of drug-likeness (QED) is 0.830. The molecule has 1 saturated carbocycles. The lowest BCUT2D eigenvalue weighted by atomic mass is 9.97. The SMILES string of the molecule is CCCC1(CNC2CCCOc3cc(Br)ccc32)CC1. The molecular weight excluding hydrogens is 314 g/mol. The van der Waals surface area contributed by atoms with Crippen LogP contribution >= 0.6 is 15.9 Å². The van der Waals surface area contributed by atoms with Crippen molar-refractivity contribution in [1.29, 1.82) is 0 Å². The molecule has 1 aliphatic heterocycles. The van der Waals surface area contributed by atoms with Crippen LogP contribution in [0.4, 0.5) is 0 Å². The first kappa shape index (κ1) is 14.4. The van der Waals surface area contributed by atoms with Crippen LogP contribution in [0.5, 0.6) is 5.75 Å². The monoisotopic (exact) mass is 337 g/mol. The Morgan fingerprint density at radius 1 is 1.40 bits per heavy atom. The zero-order chi connectivity index (χ0) is 14.0. The summed E-state index contributed by atoms with van der Waals surface area (Å²) in [6, 6.07) is 6.90. The summed E-state index contributed by atoms with van der Waals surface area (Å²) >= 11 is 3.54. The van der Waals surface area contributed by atoms with E-state index in [1.807, 2.05) is 0 Å². The Hall–Kier alpha value is -0.540. The summed E-state index contributed by atoms with van der Waals surface area (Å²) in [4.78, 5) is 0. The maximum atomic E-state index is 5.88. The number of ether oxygens (including phenoxy) is 1. The topological polar surface area (TPSA) is 21.3 Å². The van der Waals surface area contributed by atoms with Crippen LogP contribution in [0.15, 0.2) is 22.7 Å². The second-order valence-electron chi connectivity index (χ2n) is 6.36. The highest BCUT2D eigenvalue weighted by Crippen LogP contribution is 2.49. The van der Waals surface area contributed by atoms with E-state index in [0.717, 1.165) is 23.2 Å². The number of halogens is 1. The lowest BCUT2D eigenvalue weighted by molar-refractivity contribution is 0.313. The third-order valence-electron chi connectivity index (χ3n) is 4.71. The fraction of sp³-hybridized carbons (Fsp3) is 0.647. The first-order chi connectivity index (χ1) is 9.72. The summed E-state index contributed by atoms with van der Waals surface area (Å²) in [7, 11) is 0. The number of benzene rings is 1. The zero-order valence-electron chi connectivity index (χ0n) is 12.3. The van der Waals surface area contributed by atoms with E-state index in [2.05, 4.69) is 46.4 Å². The van der Waals surface area contributed by atoms with Gasteiger partial charge in [-0.15, -0.1) is 0 Å². The molecule has 0 bridgehead atoms. The highest BCUT2D eigenvalue weighted by atomic mass is 79.9. The van der Waals surface area contributed by atoms with E-state index in [-0.39, 0.29) is 0 Å². The molecule has 2 nitrogen and oxygen atoms in total. The van der Waals surface area contributed by atoms with Gasteiger partial charge in [0.05, 0.1) is 6.61 Å². The first-order valence-corrected chi connectivity index (χ1v) is 8.67. The van der Waals surface area contributed by atoms with E-state index < -0.39 is 0 Å². The number of hydrogen-bond donors (Lipinski definition) is 1. The summed E-state index contributed by atoms with van der Waals surface area (Å²) in [5.41, 5.74) is 1.94. The van der Waals surface area contributed by atoms with Gasteiger partial charge in [0.1, 0.15) is 5.75 Å². The Morgan fingerprint density at radius 2 is 2.25 bits per heavy atom. The van der Waals surface area contributed by atoms with E-state index in [4.69, 9.17) is 4.74 Å². The van der Waals surface area contributed by atoms with Crippen molar-refractivity contribution in [3.8, 4) is 5.75 Å². The van der Waals surface area contributed by atoms with Gasteiger partial charge in [-0.1, -0.05) is 35.3 Å². The fourth-order valence-corrected chi connectivity index (χ4v) is 3.66. The van der Waals surface area contributed by atoms with Crippen molar-refractivity contribution in [2.24, 2.45) is 5.41 Å². The molecule has 0 amide bonds. The Bertz CT molecular complexity index is 470. The van der Waals surface area contributed by atoms with E-state index >= 15 is 0 Å². The molecule has 0 saturated heterocycles. The smallest absolute Gasteiger partial charge is 0.125 e. The predicted octanol–water partition coefficient (Wildman–Crippen LogP) is 4.83. The standard InChI is InChI=1S/C17H24BrNO/c1-2-7-17(8-9-17)12-19-15-4-3-10-20-16-11-13(18)5-6-14(15)16/h5-6,11,15,19H,2-4,7-10,12H2,1H3. The second-order valence-corrected chi connectivity index (χ2v) is 7.27. The summed E-state index contributed by atoms with van der Waals surface area (Å²) in [6.45, 7) is 4.30. The van der Waals surface area contributed by atoms with Crippen LogP contribution in [0.1, 0.15) is 57.1 Å². The van der Waals surface area contributed by atoms with Crippen molar-refractivity contribution in [1.82, 2.24) is 5.32 Å². The van der Waals surface area contributed by atoms with Gasteiger partial charge in [-0.25, -0.2) is 0 Å². The van der Waals surface area contributed by atoms with Gasteiger partial charge in [0.15, 0.2) is 0 Å². The van der Waals surface area contributed by atoms with Gasteiger partial charge in [-0.3, -0.25) is 0 Å². The molecule has 1 aromatic rings. The van der Waals surface area contributed by atoms with E-state index in [9.17, 15) is 0 Å². The van der Waals surface area contributed by atoms with Crippen molar-refractivity contribution in [3.05, 3.63) is 28.2 Å². The molecule has 3 rings (SSSR count). The van der Waals surface area contributed by atoms with Crippen molar-refractivity contribution in [3.63, 3.8) is 0 Å². The molecule has 0 radical (unpaired) electrons. The zero-order valence-corrected chi connectivity index (χ0v) is 13.8. The molecule has 2 aliphatic rings. The lowest BCUT2D eigenvalue weighted by Gasteiger charge is -2.22. The molecule has 1 N–H and O–H groups in total. The van der Waals surface area contributed by atoms with Crippen LogP contribution in [0, 0.1) is 5.41 Å². The Balaban J connectivity index is 1.70. The van der Waals surface area contributed by atoms with E-state index in [0.29, 0.717) is 11.5 Å². The summed E-state index contributed by atoms with van der Waals surface area (Å²) in [5.74, 6) is 1.05. The van der Waals surface area contributed by atoms with Crippen molar-refractivity contribution >= 4 is 15.9 Å². The van der Waals surface area contributed by atoms with Crippen LogP contribution < -0.4 is 10.1 Å². The third-order valence-corrected chi connectivity index (χ3v) is 5.20. The van der Waals surface area contributed by atoms with Gasteiger partial charge in [0.2, 0.25) is 0 Å². The van der Waals surface area contributed by atoms with Gasteiger partial charge in [-0.2, -0.15) is 0 Å². The number of rotatable bonds is 5. The molecule has 1 heterocycles. The second kappa shape index (κ2) is 6.07. The Morgan fingerprint density at radius 3 is 3.00 bits per heavy atom. The van der Waals surface area contributed by atoms with Gasteiger partial charge in [0, 0.05) is 22.6 Å². The molecule has 110 valence electrons. The highest BCUT2D eigenvalue weighted by Gasteiger charge is 2.41. The summed E-state index contributed by atoms with van der Waals surface area (Å²) < 4.78 is 6.98. The minimum absolute atomic E-state index is 0.454.